The number of benzene rings is 2. The molecule has 0 radical (unpaired) electrons. The van der Waals surface area contributed by atoms with Gasteiger partial charge in [0.2, 0.25) is 5.95 Å². The van der Waals surface area contributed by atoms with E-state index in [0.29, 0.717) is 16.1 Å². The monoisotopic (exact) mass is 355 g/mol. The summed E-state index contributed by atoms with van der Waals surface area (Å²) in [5.74, 6) is -0.592. The number of amides is 1. The number of hydrogen-bond acceptors (Lipinski definition) is 3. The topological polar surface area (TPSA) is 69.2 Å². The van der Waals surface area contributed by atoms with E-state index in [9.17, 15) is 14.4 Å². The van der Waals surface area contributed by atoms with Crippen LogP contribution in [0, 0.1) is 5.82 Å². The fourth-order valence-electron chi connectivity index (χ4n) is 2.87. The highest BCUT2D eigenvalue weighted by molar-refractivity contribution is 5.92. The van der Waals surface area contributed by atoms with Gasteiger partial charge in [-0.05, 0) is 41.8 Å². The molecule has 0 fully saturated rings. The smallest absolute Gasteiger partial charge is 0.253 e. The average molecular weight is 355 g/mol. The molecule has 5 nitrogen and oxygen atoms in total. The number of unbranched alkanes of at least 4 members (excludes halogenated alkanes) is 3. The number of aromatic nitrogens is 2. The Kier molecular flexibility index (Phi) is 5.63. The zero-order chi connectivity index (χ0) is 18.5. The van der Waals surface area contributed by atoms with Crippen molar-refractivity contribution >= 4 is 22.9 Å². The number of carbonyl (C=O) groups is 1. The minimum atomic E-state index is -0.384. The molecule has 0 aliphatic heterocycles. The van der Waals surface area contributed by atoms with Crippen molar-refractivity contribution in [1.29, 1.82) is 0 Å². The van der Waals surface area contributed by atoms with E-state index in [2.05, 4.69) is 16.9 Å². The zero-order valence-electron chi connectivity index (χ0n) is 14.7. The number of nitrogens with one attached hydrogen (secondary N) is 1. The molecule has 1 aromatic heterocycles. The number of H-pyrrole nitrogens is 1. The zero-order valence-corrected chi connectivity index (χ0v) is 14.7. The van der Waals surface area contributed by atoms with Gasteiger partial charge in [-0.15, -0.1) is 0 Å². The van der Waals surface area contributed by atoms with Crippen LogP contribution < -0.4 is 5.06 Å². The molecule has 0 aliphatic rings. The molecule has 2 N–H and O–H groups in total. The molecule has 0 unspecified atom stereocenters. The van der Waals surface area contributed by atoms with E-state index in [1.165, 1.54) is 12.1 Å². The first-order valence-electron chi connectivity index (χ1n) is 8.86. The van der Waals surface area contributed by atoms with Gasteiger partial charge in [0.25, 0.3) is 5.91 Å². The normalized spacial score (nSPS) is 11.0. The second-order valence-corrected chi connectivity index (χ2v) is 6.32. The highest BCUT2D eigenvalue weighted by Crippen LogP contribution is 2.25. The lowest BCUT2D eigenvalue weighted by atomic mass is 10.1. The van der Waals surface area contributed by atoms with Gasteiger partial charge in [-0.25, -0.2) is 9.37 Å². The summed E-state index contributed by atoms with van der Waals surface area (Å²) in [4.78, 5) is 19.3. The maximum Gasteiger partial charge on any atom is 0.253 e. The van der Waals surface area contributed by atoms with Crippen molar-refractivity contribution in [3.63, 3.8) is 0 Å². The van der Waals surface area contributed by atoms with Gasteiger partial charge in [0.15, 0.2) is 0 Å². The summed E-state index contributed by atoms with van der Waals surface area (Å²) in [7, 11) is 0. The molecule has 1 heterocycles. The van der Waals surface area contributed by atoms with Crippen LogP contribution in [-0.4, -0.2) is 21.1 Å². The lowest BCUT2D eigenvalue weighted by Gasteiger charge is -2.10. The first-order valence-corrected chi connectivity index (χ1v) is 8.86. The van der Waals surface area contributed by atoms with E-state index in [1.807, 2.05) is 18.2 Å². The van der Waals surface area contributed by atoms with E-state index < -0.39 is 0 Å². The minimum Gasteiger partial charge on any atom is -0.322 e. The number of hydrogen-bond donors (Lipinski definition) is 2. The number of nitrogens with zero attached hydrogens (tertiary/aromatic N) is 2. The summed E-state index contributed by atoms with van der Waals surface area (Å²) in [5.41, 5.74) is 2.86. The van der Waals surface area contributed by atoms with Gasteiger partial charge >= 0.3 is 0 Å². The van der Waals surface area contributed by atoms with Crippen molar-refractivity contribution in [3.05, 3.63) is 48.3 Å². The predicted octanol–water partition coefficient (Wildman–Crippen LogP) is 5.06. The number of imidazole rings is 1. The number of halogens is 1. The van der Waals surface area contributed by atoms with Crippen molar-refractivity contribution in [3.8, 4) is 11.1 Å². The Morgan fingerprint density at radius 3 is 2.73 bits per heavy atom. The largest absolute Gasteiger partial charge is 0.322 e. The third kappa shape index (κ3) is 4.08. The van der Waals surface area contributed by atoms with Crippen LogP contribution in [0.2, 0.25) is 0 Å². The molecule has 136 valence electrons. The lowest BCUT2D eigenvalue weighted by molar-refractivity contribution is -0.123. The summed E-state index contributed by atoms with van der Waals surface area (Å²) in [5, 5.41) is 10.7. The Balaban J connectivity index is 1.77. The van der Waals surface area contributed by atoms with Crippen LogP contribution in [-0.2, 0) is 4.79 Å². The standard InChI is InChI=1S/C20H22FN3O2/c1-2-3-4-5-9-19(25)24(26)20-22-17-11-10-15(13-18(17)23-20)14-7-6-8-16(21)12-14/h6-8,10-13,26H,2-5,9H2,1H3,(H,22,23). The van der Waals surface area contributed by atoms with E-state index in [1.54, 1.807) is 12.1 Å². The van der Waals surface area contributed by atoms with E-state index in [4.69, 9.17) is 0 Å². The molecule has 0 spiro atoms. The molecule has 3 aromatic rings. The Morgan fingerprint density at radius 2 is 1.96 bits per heavy atom. The third-order valence-corrected chi connectivity index (χ3v) is 4.31. The van der Waals surface area contributed by atoms with Gasteiger partial charge < -0.3 is 4.98 Å². The quantitative estimate of drug-likeness (QED) is 0.353. The molecule has 3 rings (SSSR count). The molecule has 2 aromatic carbocycles. The molecular weight excluding hydrogens is 333 g/mol. The second kappa shape index (κ2) is 8.10. The van der Waals surface area contributed by atoms with Gasteiger partial charge in [-0.3, -0.25) is 10.0 Å². The van der Waals surface area contributed by atoms with E-state index in [0.717, 1.165) is 36.8 Å². The van der Waals surface area contributed by atoms with Gasteiger partial charge in [0.05, 0.1) is 11.0 Å². The molecule has 26 heavy (non-hydrogen) atoms. The second-order valence-electron chi connectivity index (χ2n) is 6.32. The van der Waals surface area contributed by atoms with Gasteiger partial charge in [0.1, 0.15) is 5.82 Å². The number of anilines is 1. The molecule has 0 saturated heterocycles. The number of hydroxylamine groups is 1. The Bertz CT molecular complexity index is 907. The first-order chi connectivity index (χ1) is 12.6. The molecule has 0 atom stereocenters. The van der Waals surface area contributed by atoms with Crippen LogP contribution in [0.1, 0.15) is 39.0 Å². The summed E-state index contributed by atoms with van der Waals surface area (Å²) >= 11 is 0. The van der Waals surface area contributed by atoms with Crippen molar-refractivity contribution in [1.82, 2.24) is 9.97 Å². The number of carbonyl (C=O) groups excluding carboxylic acids is 1. The van der Waals surface area contributed by atoms with E-state index in [-0.39, 0.29) is 24.1 Å². The summed E-state index contributed by atoms with van der Waals surface area (Å²) in [6.07, 6.45) is 4.16. The summed E-state index contributed by atoms with van der Waals surface area (Å²) in [6.45, 7) is 2.10. The third-order valence-electron chi connectivity index (χ3n) is 4.31. The fraction of sp³-hybridized carbons (Fsp3) is 0.300. The van der Waals surface area contributed by atoms with Crippen LogP contribution in [0.4, 0.5) is 10.3 Å². The van der Waals surface area contributed by atoms with Crippen LogP contribution >= 0.6 is 0 Å². The fourth-order valence-corrected chi connectivity index (χ4v) is 2.87. The van der Waals surface area contributed by atoms with Crippen molar-refractivity contribution < 1.29 is 14.4 Å². The number of fused-ring (bicyclic) bond motifs is 1. The van der Waals surface area contributed by atoms with Crippen molar-refractivity contribution in [2.75, 3.05) is 5.06 Å². The van der Waals surface area contributed by atoms with Gasteiger partial charge in [-0.2, -0.15) is 5.06 Å². The molecule has 0 bridgehead atoms. The number of aromatic amines is 1. The molecule has 0 aliphatic carbocycles. The lowest BCUT2D eigenvalue weighted by Crippen LogP contribution is -2.27. The molecule has 6 heteroatoms. The Hall–Kier alpha value is -2.73. The first kappa shape index (κ1) is 18.1. The van der Waals surface area contributed by atoms with E-state index >= 15 is 0 Å². The van der Waals surface area contributed by atoms with Crippen molar-refractivity contribution in [2.24, 2.45) is 0 Å². The maximum absolute atomic E-state index is 13.4. The average Bonchev–Trinajstić information content (AvgIpc) is 3.07. The van der Waals surface area contributed by atoms with Gasteiger partial charge in [-0.1, -0.05) is 44.4 Å². The summed E-state index contributed by atoms with van der Waals surface area (Å²) in [6, 6.07) is 11.7. The van der Waals surface area contributed by atoms with Crippen LogP contribution in [0.3, 0.4) is 0 Å². The number of rotatable bonds is 7. The van der Waals surface area contributed by atoms with Gasteiger partial charge in [0, 0.05) is 6.42 Å². The Morgan fingerprint density at radius 1 is 1.15 bits per heavy atom. The van der Waals surface area contributed by atoms with Crippen LogP contribution in [0.15, 0.2) is 42.5 Å². The maximum atomic E-state index is 13.4. The molecular formula is C20H22FN3O2. The van der Waals surface area contributed by atoms with Crippen LogP contribution in [0.5, 0.6) is 0 Å². The van der Waals surface area contributed by atoms with Crippen molar-refractivity contribution in [2.45, 2.75) is 39.0 Å². The highest BCUT2D eigenvalue weighted by Gasteiger charge is 2.17. The predicted molar refractivity (Wildman–Crippen MR) is 99.5 cm³/mol. The Labute approximate surface area is 151 Å². The van der Waals surface area contributed by atoms with Crippen LogP contribution in [0.25, 0.3) is 22.2 Å². The molecule has 0 saturated carbocycles. The SMILES string of the molecule is CCCCCCC(=O)N(O)c1nc2ccc(-c3cccc(F)c3)cc2[nH]1. The molecule has 1 amide bonds. The summed E-state index contributed by atoms with van der Waals surface area (Å²) < 4.78 is 13.4. The highest BCUT2D eigenvalue weighted by atomic mass is 19.1. The minimum absolute atomic E-state index is 0.0943.